The second-order valence-electron chi connectivity index (χ2n) is 7.21. The molecule has 1 heterocycles. The maximum Gasteiger partial charge on any atom is 0.191 e. The largest absolute Gasteiger partial charge is 0.493 e. The first kappa shape index (κ1) is 21.3. The zero-order valence-electron chi connectivity index (χ0n) is 17.4. The highest BCUT2D eigenvalue weighted by atomic mass is 16.5. The summed E-state index contributed by atoms with van der Waals surface area (Å²) < 4.78 is 10.6. The average molecular weight is 378 g/mol. The number of piperazine rings is 1. The minimum Gasteiger partial charge on any atom is -0.493 e. The minimum atomic E-state index is 0.563. The van der Waals surface area contributed by atoms with Gasteiger partial charge in [0.2, 0.25) is 0 Å². The predicted octanol–water partition coefficient (Wildman–Crippen LogP) is 1.25. The molecule has 1 aliphatic heterocycles. The summed E-state index contributed by atoms with van der Waals surface area (Å²) in [5, 5.41) is 6.80. The van der Waals surface area contributed by atoms with E-state index in [0.29, 0.717) is 12.5 Å². The van der Waals surface area contributed by atoms with Crippen LogP contribution < -0.4 is 20.1 Å². The number of methoxy groups -OCH3 is 2. The summed E-state index contributed by atoms with van der Waals surface area (Å²) >= 11 is 0. The van der Waals surface area contributed by atoms with Crippen LogP contribution in [-0.4, -0.2) is 83.3 Å². The molecule has 2 N–H and O–H groups in total. The van der Waals surface area contributed by atoms with Crippen molar-refractivity contribution in [2.75, 3.05) is 67.6 Å². The van der Waals surface area contributed by atoms with Gasteiger partial charge in [-0.15, -0.1) is 0 Å². The van der Waals surface area contributed by atoms with Crippen LogP contribution in [0.15, 0.2) is 23.2 Å². The van der Waals surface area contributed by atoms with Crippen LogP contribution in [0.2, 0.25) is 0 Å². The smallest absolute Gasteiger partial charge is 0.191 e. The summed E-state index contributed by atoms with van der Waals surface area (Å²) in [5.74, 6) is 2.85. The molecule has 152 valence electrons. The Balaban J connectivity index is 1.75. The molecule has 2 rings (SSSR count). The number of hydrogen-bond donors (Lipinski definition) is 2. The van der Waals surface area contributed by atoms with Crippen LogP contribution in [0.5, 0.6) is 11.5 Å². The molecule has 1 aromatic carbocycles. The lowest BCUT2D eigenvalue weighted by Crippen LogP contribution is -2.47. The van der Waals surface area contributed by atoms with Gasteiger partial charge in [-0.1, -0.05) is 13.0 Å². The zero-order chi connectivity index (χ0) is 19.6. The van der Waals surface area contributed by atoms with Crippen LogP contribution >= 0.6 is 0 Å². The summed E-state index contributed by atoms with van der Waals surface area (Å²) in [4.78, 5) is 9.26. The second-order valence-corrected chi connectivity index (χ2v) is 7.21. The van der Waals surface area contributed by atoms with Crippen molar-refractivity contribution in [2.45, 2.75) is 13.5 Å². The molecule has 1 aliphatic rings. The number of likely N-dealkylation sites (N-methyl/N-ethyl adjacent to an activating group) is 1. The first-order chi connectivity index (χ1) is 13.0. The van der Waals surface area contributed by atoms with Crippen molar-refractivity contribution < 1.29 is 9.47 Å². The molecule has 0 spiro atoms. The SMILES string of the molecule is CN=C(NCc1ccc(OC)c(OC)c1)NCC(C)CN1CCN(C)CC1. The number of ether oxygens (including phenoxy) is 2. The van der Waals surface area contributed by atoms with Crippen LogP contribution in [0.4, 0.5) is 0 Å². The van der Waals surface area contributed by atoms with Crippen molar-refractivity contribution in [3.05, 3.63) is 23.8 Å². The van der Waals surface area contributed by atoms with E-state index in [9.17, 15) is 0 Å². The van der Waals surface area contributed by atoms with Gasteiger partial charge in [-0.3, -0.25) is 4.99 Å². The van der Waals surface area contributed by atoms with Crippen molar-refractivity contribution >= 4 is 5.96 Å². The normalized spacial score (nSPS) is 17.4. The third-order valence-electron chi connectivity index (χ3n) is 4.92. The van der Waals surface area contributed by atoms with Crippen LogP contribution in [0, 0.1) is 5.92 Å². The Morgan fingerprint density at radius 2 is 1.81 bits per heavy atom. The molecular weight excluding hydrogens is 342 g/mol. The molecule has 1 saturated heterocycles. The Hall–Kier alpha value is -1.99. The summed E-state index contributed by atoms with van der Waals surface area (Å²) in [6, 6.07) is 5.93. The van der Waals surface area contributed by atoms with E-state index in [-0.39, 0.29) is 0 Å². The van der Waals surface area contributed by atoms with E-state index >= 15 is 0 Å². The average Bonchev–Trinajstić information content (AvgIpc) is 2.69. The highest BCUT2D eigenvalue weighted by molar-refractivity contribution is 5.79. The molecule has 0 saturated carbocycles. The number of rotatable bonds is 8. The summed E-state index contributed by atoms with van der Waals surface area (Å²) in [7, 11) is 7.29. The van der Waals surface area contributed by atoms with E-state index < -0.39 is 0 Å². The molecular formula is C20H35N5O2. The molecule has 27 heavy (non-hydrogen) atoms. The molecule has 0 aromatic heterocycles. The van der Waals surface area contributed by atoms with Crippen molar-refractivity contribution in [3.63, 3.8) is 0 Å². The highest BCUT2D eigenvalue weighted by Gasteiger charge is 2.16. The number of benzene rings is 1. The van der Waals surface area contributed by atoms with Gasteiger partial charge in [-0.05, 0) is 30.7 Å². The van der Waals surface area contributed by atoms with E-state index in [1.54, 1.807) is 21.3 Å². The van der Waals surface area contributed by atoms with Gasteiger partial charge >= 0.3 is 0 Å². The molecule has 0 bridgehead atoms. The minimum absolute atomic E-state index is 0.563. The van der Waals surface area contributed by atoms with E-state index in [4.69, 9.17) is 9.47 Å². The van der Waals surface area contributed by atoms with Gasteiger partial charge in [0.05, 0.1) is 14.2 Å². The van der Waals surface area contributed by atoms with Crippen LogP contribution in [0.25, 0.3) is 0 Å². The lowest BCUT2D eigenvalue weighted by molar-refractivity contribution is 0.139. The lowest BCUT2D eigenvalue weighted by Gasteiger charge is -2.34. The lowest BCUT2D eigenvalue weighted by atomic mass is 10.1. The molecule has 0 radical (unpaired) electrons. The number of aliphatic imine (C=N–C) groups is 1. The fourth-order valence-corrected chi connectivity index (χ4v) is 3.20. The predicted molar refractivity (Wildman–Crippen MR) is 111 cm³/mol. The standard InChI is InChI=1S/C20H35N5O2/c1-16(15-25-10-8-24(3)9-11-25)13-22-20(21-2)23-14-17-6-7-18(26-4)19(12-17)27-5/h6-7,12,16H,8-11,13-15H2,1-5H3,(H2,21,22,23). The van der Waals surface area contributed by atoms with Crippen molar-refractivity contribution in [1.29, 1.82) is 0 Å². The Labute approximate surface area is 163 Å². The van der Waals surface area contributed by atoms with Gasteiger partial charge in [-0.25, -0.2) is 0 Å². The van der Waals surface area contributed by atoms with E-state index in [2.05, 4.69) is 39.4 Å². The Bertz CT molecular complexity index is 600. The van der Waals surface area contributed by atoms with E-state index in [1.807, 2.05) is 18.2 Å². The molecule has 1 unspecified atom stereocenters. The van der Waals surface area contributed by atoms with E-state index in [0.717, 1.165) is 62.3 Å². The van der Waals surface area contributed by atoms with E-state index in [1.165, 1.54) is 0 Å². The third kappa shape index (κ3) is 6.92. The second kappa shape index (κ2) is 11.0. The highest BCUT2D eigenvalue weighted by Crippen LogP contribution is 2.27. The Morgan fingerprint density at radius 3 is 2.44 bits per heavy atom. The number of guanidine groups is 1. The first-order valence-electron chi connectivity index (χ1n) is 9.62. The van der Waals surface area contributed by atoms with Gasteiger partial charge in [0.15, 0.2) is 17.5 Å². The molecule has 0 aliphatic carbocycles. The molecule has 1 aromatic rings. The van der Waals surface area contributed by atoms with Gasteiger partial charge in [0, 0.05) is 52.9 Å². The van der Waals surface area contributed by atoms with Gasteiger partial charge < -0.3 is 29.9 Å². The number of nitrogens with one attached hydrogen (secondary N) is 2. The van der Waals surface area contributed by atoms with Crippen molar-refractivity contribution in [3.8, 4) is 11.5 Å². The van der Waals surface area contributed by atoms with Crippen molar-refractivity contribution in [1.82, 2.24) is 20.4 Å². The maximum absolute atomic E-state index is 5.36. The molecule has 7 nitrogen and oxygen atoms in total. The maximum atomic E-state index is 5.36. The molecule has 0 amide bonds. The summed E-state index contributed by atoms with van der Waals surface area (Å²) in [6.45, 7) is 9.62. The summed E-state index contributed by atoms with van der Waals surface area (Å²) in [5.41, 5.74) is 1.11. The number of hydrogen-bond acceptors (Lipinski definition) is 5. The van der Waals surface area contributed by atoms with Gasteiger partial charge in [-0.2, -0.15) is 0 Å². The van der Waals surface area contributed by atoms with Gasteiger partial charge in [0.1, 0.15) is 0 Å². The zero-order valence-corrected chi connectivity index (χ0v) is 17.4. The molecule has 7 heteroatoms. The molecule has 1 fully saturated rings. The first-order valence-corrected chi connectivity index (χ1v) is 9.62. The fourth-order valence-electron chi connectivity index (χ4n) is 3.20. The van der Waals surface area contributed by atoms with Crippen LogP contribution in [0.3, 0.4) is 0 Å². The fraction of sp³-hybridized carbons (Fsp3) is 0.650. The Morgan fingerprint density at radius 1 is 1.11 bits per heavy atom. The van der Waals surface area contributed by atoms with Crippen molar-refractivity contribution in [2.24, 2.45) is 10.9 Å². The Kier molecular flexibility index (Phi) is 8.67. The quantitative estimate of drug-likeness (QED) is 0.525. The van der Waals surface area contributed by atoms with Crippen LogP contribution in [-0.2, 0) is 6.54 Å². The topological polar surface area (TPSA) is 61.4 Å². The molecule has 1 atom stereocenters. The summed E-state index contributed by atoms with van der Waals surface area (Å²) in [6.07, 6.45) is 0. The van der Waals surface area contributed by atoms with Gasteiger partial charge in [0.25, 0.3) is 0 Å². The number of nitrogens with zero attached hydrogens (tertiary/aromatic N) is 3. The monoisotopic (exact) mass is 377 g/mol. The third-order valence-corrected chi connectivity index (χ3v) is 4.92. The van der Waals surface area contributed by atoms with Crippen LogP contribution in [0.1, 0.15) is 12.5 Å².